The minimum Gasteiger partial charge on any atom is -0.256 e. The Labute approximate surface area is 169 Å². The molecular formula is C18H36Cl2N6. The maximum Gasteiger partial charge on any atom is 0.216 e. The summed E-state index contributed by atoms with van der Waals surface area (Å²) in [6, 6.07) is 0. The summed E-state index contributed by atoms with van der Waals surface area (Å²) >= 11 is 12.7. The highest BCUT2D eigenvalue weighted by molar-refractivity contribution is 6.64. The van der Waals surface area contributed by atoms with Crippen molar-refractivity contribution in [3.8, 4) is 0 Å². The van der Waals surface area contributed by atoms with Crippen molar-refractivity contribution in [2.45, 2.75) is 55.4 Å². The fraction of sp³-hybridized carbons (Fsp3) is 0.889. The summed E-state index contributed by atoms with van der Waals surface area (Å²) < 4.78 is 0. The predicted molar refractivity (Wildman–Crippen MR) is 114 cm³/mol. The lowest BCUT2D eigenvalue weighted by molar-refractivity contribution is 0.295. The van der Waals surface area contributed by atoms with Gasteiger partial charge in [-0.1, -0.05) is 55.4 Å². The maximum absolute atomic E-state index is 6.35. The molecule has 0 radical (unpaired) electrons. The normalized spacial score (nSPS) is 13.8. The molecule has 0 aliphatic carbocycles. The summed E-state index contributed by atoms with van der Waals surface area (Å²) in [6.45, 7) is 19.3. The quantitative estimate of drug-likeness (QED) is 0.154. The third kappa shape index (κ3) is 12.5. The Kier molecular flexibility index (Phi) is 12.9. The van der Waals surface area contributed by atoms with E-state index in [2.05, 4.69) is 75.8 Å². The summed E-state index contributed by atoms with van der Waals surface area (Å²) in [4.78, 5) is 8.79. The highest BCUT2D eigenvalue weighted by atomic mass is 35.5. The topological polar surface area (TPSA) is 55.9 Å². The predicted octanol–water partition coefficient (Wildman–Crippen LogP) is 5.69. The molecular weight excluding hydrogens is 371 g/mol. The van der Waals surface area contributed by atoms with E-state index in [4.69, 9.17) is 23.2 Å². The SMILES string of the molecule is CC(C)CN=C(Cl)N(CC(C)C)/N=N/N(CC(C)C)C(Cl)=NCC(C)C. The minimum atomic E-state index is 0.343. The van der Waals surface area contributed by atoms with Crippen LogP contribution in [0.2, 0.25) is 0 Å². The lowest BCUT2D eigenvalue weighted by atomic mass is 10.2. The zero-order valence-electron chi connectivity index (χ0n) is 17.6. The molecule has 0 aliphatic heterocycles. The molecule has 0 aromatic heterocycles. The number of aliphatic imine (C=N–C) groups is 2. The van der Waals surface area contributed by atoms with E-state index in [9.17, 15) is 0 Å². The second-order valence-electron chi connectivity index (χ2n) is 8.14. The standard InChI is InChI=1S/C18H36Cl2N6/c1-13(2)9-21-17(19)25(11-15(5)6)23-24-26(12-16(7)8)18(20)22-10-14(3)4/h13-16H,9-12H2,1-8H3/b21-17?,22-18?,24-23+. The number of hydrogen-bond acceptors (Lipinski definition) is 4. The molecule has 0 N–H and O–H groups in total. The van der Waals surface area contributed by atoms with Crippen molar-refractivity contribution in [1.82, 2.24) is 10.0 Å². The number of halogens is 2. The summed E-state index contributed by atoms with van der Waals surface area (Å²) in [5.41, 5.74) is 0. The van der Waals surface area contributed by atoms with Gasteiger partial charge < -0.3 is 0 Å². The van der Waals surface area contributed by atoms with Gasteiger partial charge in [0.05, 0.1) is 0 Å². The molecule has 8 heteroatoms. The molecule has 0 aromatic carbocycles. The maximum atomic E-state index is 6.35. The monoisotopic (exact) mass is 406 g/mol. The van der Waals surface area contributed by atoms with Gasteiger partial charge in [-0.05, 0) is 57.3 Å². The van der Waals surface area contributed by atoms with Crippen molar-refractivity contribution in [2.75, 3.05) is 26.2 Å². The molecule has 0 amide bonds. The molecule has 0 aromatic rings. The van der Waals surface area contributed by atoms with E-state index < -0.39 is 0 Å². The van der Waals surface area contributed by atoms with E-state index in [1.54, 1.807) is 10.0 Å². The van der Waals surface area contributed by atoms with Crippen LogP contribution < -0.4 is 0 Å². The van der Waals surface area contributed by atoms with E-state index in [0.717, 1.165) is 0 Å². The molecule has 152 valence electrons. The second-order valence-corrected chi connectivity index (χ2v) is 8.81. The van der Waals surface area contributed by atoms with Crippen molar-refractivity contribution >= 4 is 33.8 Å². The van der Waals surface area contributed by atoms with Gasteiger partial charge in [0, 0.05) is 26.2 Å². The first-order valence-electron chi connectivity index (χ1n) is 9.39. The minimum absolute atomic E-state index is 0.343. The van der Waals surface area contributed by atoms with E-state index in [-0.39, 0.29) is 0 Å². The third-order valence-corrected chi connectivity index (χ3v) is 3.56. The van der Waals surface area contributed by atoms with Crippen LogP contribution in [0, 0.1) is 23.7 Å². The Balaban J connectivity index is 5.37. The third-order valence-electron chi connectivity index (χ3n) is 2.93. The average molecular weight is 407 g/mol. The smallest absolute Gasteiger partial charge is 0.216 e. The number of rotatable bonds is 10. The molecule has 0 unspecified atom stereocenters. The first kappa shape index (κ1) is 25.1. The van der Waals surface area contributed by atoms with Gasteiger partial charge in [-0.15, -0.1) is 0 Å². The fourth-order valence-electron chi connectivity index (χ4n) is 1.76. The number of nitrogens with zero attached hydrogens (tertiary/aromatic N) is 6. The van der Waals surface area contributed by atoms with Crippen LogP contribution in [-0.4, -0.2) is 46.8 Å². The van der Waals surface area contributed by atoms with Gasteiger partial charge >= 0.3 is 0 Å². The van der Waals surface area contributed by atoms with Gasteiger partial charge in [-0.25, -0.2) is 10.0 Å². The van der Waals surface area contributed by atoms with Crippen LogP contribution in [0.4, 0.5) is 0 Å². The lowest BCUT2D eigenvalue weighted by Crippen LogP contribution is -2.30. The Morgan fingerprint density at radius 2 is 0.923 bits per heavy atom. The highest BCUT2D eigenvalue weighted by Gasteiger charge is 2.14. The largest absolute Gasteiger partial charge is 0.256 e. The molecule has 0 rings (SSSR count). The van der Waals surface area contributed by atoms with Gasteiger partial charge in [-0.3, -0.25) is 9.98 Å². The van der Waals surface area contributed by atoms with Crippen LogP contribution in [0.1, 0.15) is 55.4 Å². The molecule has 0 spiro atoms. The van der Waals surface area contributed by atoms with Gasteiger partial charge in [0.25, 0.3) is 0 Å². The Bertz CT molecular complexity index is 430. The first-order valence-corrected chi connectivity index (χ1v) is 10.1. The number of amidine groups is 2. The molecule has 0 aliphatic rings. The van der Waals surface area contributed by atoms with Crippen LogP contribution in [0.25, 0.3) is 0 Å². The summed E-state index contributed by atoms with van der Waals surface area (Å²) in [7, 11) is 0. The van der Waals surface area contributed by atoms with Gasteiger partial charge in [0.15, 0.2) is 0 Å². The molecule has 6 nitrogen and oxygen atoms in total. The molecule has 0 fully saturated rings. The van der Waals surface area contributed by atoms with Crippen molar-refractivity contribution in [1.29, 1.82) is 0 Å². The van der Waals surface area contributed by atoms with Crippen molar-refractivity contribution < 1.29 is 0 Å². The van der Waals surface area contributed by atoms with Crippen LogP contribution in [-0.2, 0) is 0 Å². The molecule has 26 heavy (non-hydrogen) atoms. The van der Waals surface area contributed by atoms with Crippen molar-refractivity contribution in [2.24, 2.45) is 44.1 Å². The zero-order valence-corrected chi connectivity index (χ0v) is 19.1. The zero-order chi connectivity index (χ0) is 20.3. The number of hydrogen-bond donors (Lipinski definition) is 0. The first-order chi connectivity index (χ1) is 12.0. The van der Waals surface area contributed by atoms with Crippen LogP contribution in [0.3, 0.4) is 0 Å². The van der Waals surface area contributed by atoms with Crippen LogP contribution >= 0.6 is 23.2 Å². The van der Waals surface area contributed by atoms with Crippen LogP contribution in [0.15, 0.2) is 20.4 Å². The van der Waals surface area contributed by atoms with Crippen molar-refractivity contribution in [3.63, 3.8) is 0 Å². The van der Waals surface area contributed by atoms with E-state index in [0.29, 0.717) is 60.4 Å². The van der Waals surface area contributed by atoms with Crippen molar-refractivity contribution in [3.05, 3.63) is 0 Å². The Morgan fingerprint density at radius 1 is 0.615 bits per heavy atom. The summed E-state index contributed by atoms with van der Waals surface area (Å²) in [5.74, 6) is 1.58. The molecule has 0 heterocycles. The Hall–Kier alpha value is -0.880. The molecule has 0 bridgehead atoms. The van der Waals surface area contributed by atoms with E-state index >= 15 is 0 Å². The van der Waals surface area contributed by atoms with E-state index in [1.807, 2.05) is 0 Å². The molecule has 0 saturated heterocycles. The Morgan fingerprint density at radius 3 is 1.15 bits per heavy atom. The second kappa shape index (κ2) is 13.3. The highest BCUT2D eigenvalue weighted by Crippen LogP contribution is 2.10. The van der Waals surface area contributed by atoms with Gasteiger partial charge in [0.2, 0.25) is 10.6 Å². The summed E-state index contributed by atoms with van der Waals surface area (Å²) in [5, 5.41) is 12.5. The van der Waals surface area contributed by atoms with E-state index in [1.165, 1.54) is 0 Å². The fourth-order valence-corrected chi connectivity index (χ4v) is 2.11. The van der Waals surface area contributed by atoms with Gasteiger partial charge in [0.1, 0.15) is 0 Å². The van der Waals surface area contributed by atoms with Crippen LogP contribution in [0.5, 0.6) is 0 Å². The summed E-state index contributed by atoms with van der Waals surface area (Å²) in [6.07, 6.45) is 0. The van der Waals surface area contributed by atoms with Gasteiger partial charge in [-0.2, -0.15) is 0 Å². The molecule has 0 atom stereocenters. The molecule has 0 saturated carbocycles. The lowest BCUT2D eigenvalue weighted by Gasteiger charge is -2.21. The average Bonchev–Trinajstić information content (AvgIpc) is 2.51.